The van der Waals surface area contributed by atoms with Crippen molar-refractivity contribution in [2.24, 2.45) is 5.92 Å². The number of benzene rings is 1. The normalized spacial score (nSPS) is 19.2. The molecule has 0 aromatic heterocycles. The summed E-state index contributed by atoms with van der Waals surface area (Å²) in [6.07, 6.45) is 3.09. The molecule has 7 heteroatoms. The summed E-state index contributed by atoms with van der Waals surface area (Å²) in [4.78, 5) is 12.3. The molecule has 1 saturated heterocycles. The van der Waals surface area contributed by atoms with Gasteiger partial charge in [-0.05, 0) is 44.2 Å². The van der Waals surface area contributed by atoms with Gasteiger partial charge >= 0.3 is 0 Å². The smallest absolute Gasteiger partial charge is 0.224 e. The van der Waals surface area contributed by atoms with Crippen LogP contribution in [0, 0.1) is 5.92 Å². The van der Waals surface area contributed by atoms with Crippen LogP contribution in [0.4, 0.5) is 0 Å². The fourth-order valence-corrected chi connectivity index (χ4v) is 4.34. The van der Waals surface area contributed by atoms with Crippen LogP contribution in [0.3, 0.4) is 0 Å². The Bertz CT molecular complexity index is 664. The Morgan fingerprint density at radius 1 is 1.38 bits per heavy atom. The Balaban J connectivity index is 1.77. The van der Waals surface area contributed by atoms with E-state index >= 15 is 0 Å². The first-order chi connectivity index (χ1) is 11.4. The van der Waals surface area contributed by atoms with E-state index in [1.165, 1.54) is 4.31 Å². The van der Waals surface area contributed by atoms with Gasteiger partial charge in [-0.2, -0.15) is 0 Å². The third-order valence-electron chi connectivity index (χ3n) is 4.39. The molecule has 2 rings (SSSR count). The van der Waals surface area contributed by atoms with Crippen molar-refractivity contribution in [1.82, 2.24) is 9.62 Å². The minimum Gasteiger partial charge on any atom is -0.356 e. The van der Waals surface area contributed by atoms with E-state index in [2.05, 4.69) is 5.32 Å². The van der Waals surface area contributed by atoms with Crippen LogP contribution in [-0.2, 0) is 21.2 Å². The largest absolute Gasteiger partial charge is 0.356 e. The molecule has 1 amide bonds. The van der Waals surface area contributed by atoms with E-state index < -0.39 is 10.0 Å². The van der Waals surface area contributed by atoms with Crippen molar-refractivity contribution >= 4 is 27.5 Å². The first-order valence-electron chi connectivity index (χ1n) is 8.43. The zero-order valence-corrected chi connectivity index (χ0v) is 15.6. The van der Waals surface area contributed by atoms with Gasteiger partial charge in [0, 0.05) is 24.7 Å². The fraction of sp³-hybridized carbons (Fsp3) is 0.588. The summed E-state index contributed by atoms with van der Waals surface area (Å²) in [7, 11) is -3.21. The Morgan fingerprint density at radius 2 is 2.12 bits per heavy atom. The van der Waals surface area contributed by atoms with Gasteiger partial charge in [0.25, 0.3) is 0 Å². The number of piperidine rings is 1. The lowest BCUT2D eigenvalue weighted by Crippen LogP contribution is -2.46. The number of sulfonamides is 1. The van der Waals surface area contributed by atoms with Crippen LogP contribution in [0.2, 0.25) is 5.02 Å². The van der Waals surface area contributed by atoms with E-state index in [0.717, 1.165) is 36.3 Å². The molecule has 1 aromatic rings. The van der Waals surface area contributed by atoms with Gasteiger partial charge < -0.3 is 5.32 Å². The molecule has 0 bridgehead atoms. The molecule has 1 heterocycles. The van der Waals surface area contributed by atoms with Crippen molar-refractivity contribution < 1.29 is 13.2 Å². The van der Waals surface area contributed by atoms with Crippen molar-refractivity contribution in [3.05, 3.63) is 34.9 Å². The van der Waals surface area contributed by atoms with E-state index in [1.54, 1.807) is 6.92 Å². The van der Waals surface area contributed by atoms with Gasteiger partial charge in [-0.25, -0.2) is 12.7 Å². The van der Waals surface area contributed by atoms with Crippen LogP contribution in [0.1, 0.15) is 31.7 Å². The Hall–Kier alpha value is -1.11. The Morgan fingerprint density at radius 3 is 2.83 bits per heavy atom. The lowest BCUT2D eigenvalue weighted by atomic mass is 9.99. The monoisotopic (exact) mass is 372 g/mol. The minimum atomic E-state index is -3.21. The second kappa shape index (κ2) is 8.83. The average molecular weight is 373 g/mol. The minimum absolute atomic E-state index is 0.0508. The molecule has 0 unspecified atom stereocenters. The van der Waals surface area contributed by atoms with Crippen molar-refractivity contribution in [2.75, 3.05) is 25.4 Å². The Kier molecular flexibility index (Phi) is 7.07. The maximum atomic E-state index is 12.3. The number of hydrogen-bond donors (Lipinski definition) is 1. The van der Waals surface area contributed by atoms with Crippen LogP contribution >= 0.6 is 11.6 Å². The van der Waals surface area contributed by atoms with Crippen molar-refractivity contribution in [1.29, 1.82) is 0 Å². The third kappa shape index (κ3) is 5.19. The number of halogens is 1. The molecule has 5 nitrogen and oxygen atoms in total. The molecule has 1 atom stereocenters. The highest BCUT2D eigenvalue weighted by Crippen LogP contribution is 2.20. The number of carbonyl (C=O) groups excluding carboxylic acids is 1. The molecule has 1 aromatic carbocycles. The van der Waals surface area contributed by atoms with Gasteiger partial charge in [0.05, 0.1) is 11.7 Å². The molecule has 134 valence electrons. The number of hydrogen-bond acceptors (Lipinski definition) is 3. The van der Waals surface area contributed by atoms with Gasteiger partial charge in [0.2, 0.25) is 15.9 Å². The SMILES string of the molecule is CCS(=O)(=O)N1CCC[C@H](C(=O)NCCCc2ccccc2Cl)C1. The zero-order valence-electron chi connectivity index (χ0n) is 14.0. The lowest BCUT2D eigenvalue weighted by Gasteiger charge is -2.30. The lowest BCUT2D eigenvalue weighted by molar-refractivity contribution is -0.126. The highest BCUT2D eigenvalue weighted by atomic mass is 35.5. The molecular formula is C17H25ClN2O3S. The van der Waals surface area contributed by atoms with Gasteiger partial charge in [-0.1, -0.05) is 29.8 Å². The van der Waals surface area contributed by atoms with E-state index in [1.807, 2.05) is 24.3 Å². The van der Waals surface area contributed by atoms with E-state index in [4.69, 9.17) is 11.6 Å². The molecule has 1 aliphatic rings. The van der Waals surface area contributed by atoms with E-state index in [-0.39, 0.29) is 17.6 Å². The molecule has 0 spiro atoms. The van der Waals surface area contributed by atoms with Crippen LogP contribution < -0.4 is 5.32 Å². The number of nitrogens with zero attached hydrogens (tertiary/aromatic N) is 1. The third-order valence-corrected chi connectivity index (χ3v) is 6.61. The van der Waals surface area contributed by atoms with Gasteiger partial charge in [0.15, 0.2) is 0 Å². The van der Waals surface area contributed by atoms with Crippen LogP contribution in [0.15, 0.2) is 24.3 Å². The predicted molar refractivity (Wildman–Crippen MR) is 96.5 cm³/mol. The molecule has 0 aliphatic carbocycles. The summed E-state index contributed by atoms with van der Waals surface area (Å²) in [5.74, 6) is -0.218. The summed E-state index contributed by atoms with van der Waals surface area (Å²) < 4.78 is 25.4. The number of aryl methyl sites for hydroxylation is 1. The maximum absolute atomic E-state index is 12.3. The van der Waals surface area contributed by atoms with Crippen molar-refractivity contribution in [3.8, 4) is 0 Å². The van der Waals surface area contributed by atoms with Crippen LogP contribution in [0.5, 0.6) is 0 Å². The summed E-state index contributed by atoms with van der Waals surface area (Å²) in [6.45, 7) is 3.02. The topological polar surface area (TPSA) is 66.5 Å². The van der Waals surface area contributed by atoms with Gasteiger partial charge in [0.1, 0.15) is 0 Å². The Labute approximate surface area is 149 Å². The predicted octanol–water partition coefficient (Wildman–Crippen LogP) is 2.45. The van der Waals surface area contributed by atoms with Crippen molar-refractivity contribution in [3.63, 3.8) is 0 Å². The van der Waals surface area contributed by atoms with E-state index in [0.29, 0.717) is 19.6 Å². The maximum Gasteiger partial charge on any atom is 0.224 e. The number of rotatable bonds is 7. The van der Waals surface area contributed by atoms with E-state index in [9.17, 15) is 13.2 Å². The molecule has 1 aliphatic heterocycles. The second-order valence-corrected chi connectivity index (χ2v) is 8.75. The molecule has 1 N–H and O–H groups in total. The standard InChI is InChI=1S/C17H25ClN2O3S/c1-2-24(22,23)20-12-6-9-15(13-20)17(21)19-11-5-8-14-7-3-4-10-16(14)18/h3-4,7,10,15H,2,5-6,8-9,11-13H2,1H3,(H,19,21)/t15-/m0/s1. The summed E-state index contributed by atoms with van der Waals surface area (Å²) in [5, 5.41) is 3.68. The fourth-order valence-electron chi connectivity index (χ4n) is 2.93. The average Bonchev–Trinajstić information content (AvgIpc) is 2.60. The number of nitrogens with one attached hydrogen (secondary N) is 1. The summed E-state index contributed by atoms with van der Waals surface area (Å²) in [6, 6.07) is 7.69. The highest BCUT2D eigenvalue weighted by molar-refractivity contribution is 7.89. The van der Waals surface area contributed by atoms with Gasteiger partial charge in [-0.3, -0.25) is 4.79 Å². The molecule has 0 radical (unpaired) electrons. The quantitative estimate of drug-likeness (QED) is 0.747. The number of amides is 1. The zero-order chi connectivity index (χ0) is 17.6. The first kappa shape index (κ1) is 19.2. The summed E-state index contributed by atoms with van der Waals surface area (Å²) >= 11 is 6.11. The molecular weight excluding hydrogens is 348 g/mol. The summed E-state index contributed by atoms with van der Waals surface area (Å²) in [5.41, 5.74) is 1.08. The van der Waals surface area contributed by atoms with Crippen LogP contribution in [-0.4, -0.2) is 44.0 Å². The number of carbonyl (C=O) groups is 1. The first-order valence-corrected chi connectivity index (χ1v) is 10.4. The second-order valence-electron chi connectivity index (χ2n) is 6.08. The van der Waals surface area contributed by atoms with Gasteiger partial charge in [-0.15, -0.1) is 0 Å². The van der Waals surface area contributed by atoms with Crippen LogP contribution in [0.25, 0.3) is 0 Å². The van der Waals surface area contributed by atoms with Crippen molar-refractivity contribution in [2.45, 2.75) is 32.6 Å². The highest BCUT2D eigenvalue weighted by Gasteiger charge is 2.31. The molecule has 0 saturated carbocycles. The molecule has 1 fully saturated rings. The molecule has 24 heavy (non-hydrogen) atoms.